The number of esters is 1. The predicted molar refractivity (Wildman–Crippen MR) is 125 cm³/mol. The molecule has 1 amide bonds. The molecule has 1 aromatic heterocycles. The molecular weight excluding hydrogens is 494 g/mol. The zero-order chi connectivity index (χ0) is 26.5. The fourth-order valence-corrected chi connectivity index (χ4v) is 4.05. The highest BCUT2D eigenvalue weighted by molar-refractivity contribution is 5.94. The highest BCUT2D eigenvalue weighted by atomic mass is 19.3. The zero-order valence-electron chi connectivity index (χ0n) is 20.7. The number of piperazine rings is 1. The monoisotopic (exact) mass is 524 g/mol. The van der Waals surface area contributed by atoms with E-state index in [9.17, 15) is 18.4 Å². The number of carbonyl (C=O) groups is 2. The van der Waals surface area contributed by atoms with Crippen LogP contribution in [-0.2, 0) is 20.8 Å². The summed E-state index contributed by atoms with van der Waals surface area (Å²) >= 11 is 0. The van der Waals surface area contributed by atoms with E-state index in [-0.39, 0.29) is 48.7 Å². The second kappa shape index (κ2) is 11.8. The molecule has 1 unspecified atom stereocenters. The predicted octanol–water partition coefficient (Wildman–Crippen LogP) is 2.09. The molecule has 2 N–H and O–H groups in total. The van der Waals surface area contributed by atoms with Gasteiger partial charge in [0.2, 0.25) is 5.89 Å². The second-order valence-electron chi connectivity index (χ2n) is 8.81. The van der Waals surface area contributed by atoms with Gasteiger partial charge in [0, 0.05) is 32.3 Å². The fraction of sp³-hybridized carbons (Fsp3) is 0.542. The number of nitrogens with zero attached hydrogens (tertiary/aromatic N) is 3. The van der Waals surface area contributed by atoms with Crippen LogP contribution in [0.25, 0.3) is 11.5 Å². The molecule has 2 aliphatic rings. The summed E-state index contributed by atoms with van der Waals surface area (Å²) in [5.41, 5.74) is 6.24. The van der Waals surface area contributed by atoms with Gasteiger partial charge in [-0.15, -0.1) is 0 Å². The smallest absolute Gasteiger partial charge is 0.387 e. The number of aromatic nitrogens is 1. The van der Waals surface area contributed by atoms with Crippen molar-refractivity contribution < 1.29 is 41.7 Å². The van der Waals surface area contributed by atoms with Crippen molar-refractivity contribution in [1.82, 2.24) is 14.8 Å². The van der Waals surface area contributed by atoms with Crippen molar-refractivity contribution in [2.24, 2.45) is 11.7 Å². The van der Waals surface area contributed by atoms with E-state index in [1.54, 1.807) is 4.90 Å². The normalized spacial score (nSPS) is 18.2. The SMILES string of the molecule is COCN1CCN(C(=O)c2nc(-c3ccc(OC(F)F)c(OCC4CC4)c3)oc2CN)CC1C(=O)OC. The zero-order valence-corrected chi connectivity index (χ0v) is 20.7. The van der Waals surface area contributed by atoms with Crippen molar-refractivity contribution in [2.75, 3.05) is 47.2 Å². The number of alkyl halides is 2. The summed E-state index contributed by atoms with van der Waals surface area (Å²) < 4.78 is 51.9. The van der Waals surface area contributed by atoms with Crippen LogP contribution >= 0.6 is 0 Å². The Kier molecular flexibility index (Phi) is 8.56. The first-order valence-electron chi connectivity index (χ1n) is 11.9. The highest BCUT2D eigenvalue weighted by Gasteiger charge is 2.37. The number of benzene rings is 1. The number of methoxy groups -OCH3 is 2. The second-order valence-corrected chi connectivity index (χ2v) is 8.81. The molecule has 13 heteroatoms. The van der Waals surface area contributed by atoms with Gasteiger partial charge in [-0.2, -0.15) is 8.78 Å². The molecule has 0 bridgehead atoms. The van der Waals surface area contributed by atoms with E-state index in [1.807, 2.05) is 0 Å². The average Bonchev–Trinajstić information content (AvgIpc) is 3.63. The largest absolute Gasteiger partial charge is 0.489 e. The lowest BCUT2D eigenvalue weighted by atomic mass is 10.1. The van der Waals surface area contributed by atoms with Crippen LogP contribution < -0.4 is 15.2 Å². The van der Waals surface area contributed by atoms with Crippen LogP contribution in [0.3, 0.4) is 0 Å². The molecule has 2 fully saturated rings. The lowest BCUT2D eigenvalue weighted by Gasteiger charge is -2.39. The molecule has 1 atom stereocenters. The summed E-state index contributed by atoms with van der Waals surface area (Å²) in [4.78, 5) is 33.3. The minimum absolute atomic E-state index is 0.00895. The first kappa shape index (κ1) is 26.8. The number of ether oxygens (including phenoxy) is 4. The van der Waals surface area contributed by atoms with Crippen molar-refractivity contribution in [2.45, 2.75) is 32.0 Å². The van der Waals surface area contributed by atoms with Crippen LogP contribution in [-0.4, -0.2) is 86.5 Å². The molecule has 11 nitrogen and oxygen atoms in total. The lowest BCUT2D eigenvalue weighted by Crippen LogP contribution is -2.58. The number of halogens is 2. The van der Waals surface area contributed by atoms with E-state index in [2.05, 4.69) is 9.72 Å². The van der Waals surface area contributed by atoms with Crippen LogP contribution in [0.15, 0.2) is 22.6 Å². The Balaban J connectivity index is 1.57. The number of nitrogens with two attached hydrogens (primary N) is 1. The van der Waals surface area contributed by atoms with E-state index < -0.39 is 24.5 Å². The number of amides is 1. The molecule has 2 heterocycles. The van der Waals surface area contributed by atoms with Gasteiger partial charge in [-0.3, -0.25) is 14.5 Å². The quantitative estimate of drug-likeness (QED) is 0.436. The Morgan fingerprint density at radius 3 is 2.65 bits per heavy atom. The standard InChI is InChI=1S/C24H30F2N4O7/c1-33-13-30-8-7-29(11-16(30)23(32)34-2)22(31)20-19(10-27)36-21(28-20)15-5-6-17(37-24(25)26)18(9-15)35-12-14-3-4-14/h5-6,9,14,16,24H,3-4,7-8,10-13,27H2,1-2H3. The molecule has 1 saturated carbocycles. The molecule has 0 spiro atoms. The Morgan fingerprint density at radius 2 is 2.00 bits per heavy atom. The van der Waals surface area contributed by atoms with E-state index in [0.29, 0.717) is 31.2 Å². The van der Waals surface area contributed by atoms with Gasteiger partial charge in [0.1, 0.15) is 6.04 Å². The molecule has 1 aliphatic carbocycles. The summed E-state index contributed by atoms with van der Waals surface area (Å²) in [6.45, 7) is -1.75. The van der Waals surface area contributed by atoms with Crippen molar-refractivity contribution in [3.8, 4) is 23.0 Å². The first-order chi connectivity index (χ1) is 17.8. The lowest BCUT2D eigenvalue weighted by molar-refractivity contribution is -0.151. The summed E-state index contributed by atoms with van der Waals surface area (Å²) in [5.74, 6) is -0.308. The van der Waals surface area contributed by atoms with Gasteiger partial charge in [-0.05, 0) is 37.0 Å². The Hall–Kier alpha value is -3.29. The topological polar surface area (TPSA) is 130 Å². The first-order valence-corrected chi connectivity index (χ1v) is 11.9. The van der Waals surface area contributed by atoms with Crippen LogP contribution in [0.5, 0.6) is 11.5 Å². The van der Waals surface area contributed by atoms with Gasteiger partial charge in [-0.1, -0.05) is 0 Å². The van der Waals surface area contributed by atoms with Gasteiger partial charge >= 0.3 is 12.6 Å². The van der Waals surface area contributed by atoms with Crippen molar-refractivity contribution >= 4 is 11.9 Å². The maximum atomic E-state index is 13.4. The van der Waals surface area contributed by atoms with Crippen LogP contribution in [0.4, 0.5) is 8.78 Å². The van der Waals surface area contributed by atoms with Crippen LogP contribution in [0.1, 0.15) is 29.1 Å². The molecule has 1 aromatic carbocycles. The van der Waals surface area contributed by atoms with Crippen LogP contribution in [0, 0.1) is 5.92 Å². The third kappa shape index (κ3) is 6.35. The number of hydrogen-bond donors (Lipinski definition) is 1. The Morgan fingerprint density at radius 1 is 1.22 bits per heavy atom. The van der Waals surface area contributed by atoms with E-state index >= 15 is 0 Å². The fourth-order valence-electron chi connectivity index (χ4n) is 4.05. The molecule has 4 rings (SSSR count). The van der Waals surface area contributed by atoms with Crippen LogP contribution in [0.2, 0.25) is 0 Å². The minimum Gasteiger partial charge on any atom is -0.489 e. The van der Waals surface area contributed by atoms with Crippen molar-refractivity contribution in [3.05, 3.63) is 29.7 Å². The van der Waals surface area contributed by atoms with Gasteiger partial charge in [-0.25, -0.2) is 4.98 Å². The van der Waals surface area contributed by atoms with E-state index in [4.69, 9.17) is 24.4 Å². The maximum Gasteiger partial charge on any atom is 0.387 e. The summed E-state index contributed by atoms with van der Waals surface area (Å²) in [6.07, 6.45) is 2.04. The van der Waals surface area contributed by atoms with Gasteiger partial charge in [0.05, 0.1) is 27.0 Å². The molecule has 202 valence electrons. The third-order valence-corrected chi connectivity index (χ3v) is 6.21. The Bertz CT molecular complexity index is 1110. The summed E-state index contributed by atoms with van der Waals surface area (Å²) in [5, 5.41) is 0. The number of hydrogen-bond acceptors (Lipinski definition) is 10. The number of oxazole rings is 1. The van der Waals surface area contributed by atoms with Gasteiger partial charge in [0.25, 0.3) is 5.91 Å². The molecule has 1 saturated heterocycles. The molecule has 1 aliphatic heterocycles. The van der Waals surface area contributed by atoms with Gasteiger partial charge < -0.3 is 34.0 Å². The molecule has 0 radical (unpaired) electrons. The maximum absolute atomic E-state index is 13.4. The third-order valence-electron chi connectivity index (χ3n) is 6.21. The highest BCUT2D eigenvalue weighted by Crippen LogP contribution is 2.36. The molecule has 37 heavy (non-hydrogen) atoms. The molecule has 2 aromatic rings. The van der Waals surface area contributed by atoms with E-state index in [1.165, 1.54) is 37.3 Å². The van der Waals surface area contributed by atoms with E-state index in [0.717, 1.165) is 12.8 Å². The van der Waals surface area contributed by atoms with Crippen molar-refractivity contribution in [3.63, 3.8) is 0 Å². The minimum atomic E-state index is -3.01. The number of rotatable bonds is 11. The number of carbonyl (C=O) groups excluding carboxylic acids is 2. The molecular formula is C24H30F2N4O7. The van der Waals surface area contributed by atoms with Gasteiger partial charge in [0.15, 0.2) is 23.0 Å². The summed E-state index contributed by atoms with van der Waals surface area (Å²) in [6, 6.07) is 3.60. The Labute approximate surface area is 212 Å². The van der Waals surface area contributed by atoms with Crippen molar-refractivity contribution in [1.29, 1.82) is 0 Å². The average molecular weight is 525 g/mol. The summed E-state index contributed by atoms with van der Waals surface area (Å²) in [7, 11) is 2.80.